The fraction of sp³-hybridized carbons (Fsp3) is 0.667. The molecular weight excluding hydrogens is 186 g/mol. The van der Waals surface area contributed by atoms with E-state index >= 15 is 0 Å². The molecule has 0 spiro atoms. The Kier molecular flexibility index (Phi) is 6.82. The van der Waals surface area contributed by atoms with Gasteiger partial charge in [-0.05, 0) is 0 Å². The Hall–Kier alpha value is -1.23. The van der Waals surface area contributed by atoms with E-state index in [1.807, 2.05) is 0 Å². The average Bonchev–Trinajstić information content (AvgIpc) is 1.80. The van der Waals surface area contributed by atoms with Crippen molar-refractivity contribution in [2.45, 2.75) is 13.8 Å². The SMILES string of the molecule is CC(=O)OC(=O)C(C)=O.C[N+](C)(C)C. The van der Waals surface area contributed by atoms with Crippen molar-refractivity contribution < 1.29 is 23.6 Å². The Bertz CT molecular complexity index is 221. The molecule has 0 heterocycles. The minimum atomic E-state index is -1.11. The maximum Gasteiger partial charge on any atom is 0.381 e. The molecule has 0 bridgehead atoms. The van der Waals surface area contributed by atoms with Crippen LogP contribution in [0.5, 0.6) is 0 Å². The number of quaternary nitrogens is 1. The van der Waals surface area contributed by atoms with Gasteiger partial charge in [0.25, 0.3) is 0 Å². The first kappa shape index (κ1) is 15.3. The van der Waals surface area contributed by atoms with Crippen molar-refractivity contribution in [3.05, 3.63) is 0 Å². The van der Waals surface area contributed by atoms with E-state index in [4.69, 9.17) is 0 Å². The quantitative estimate of drug-likeness (QED) is 0.261. The number of nitrogens with zero attached hydrogens (tertiary/aromatic N) is 1. The molecular formula is C9H18NO4+. The van der Waals surface area contributed by atoms with E-state index in [2.05, 4.69) is 32.9 Å². The van der Waals surface area contributed by atoms with Crippen molar-refractivity contribution in [2.75, 3.05) is 28.2 Å². The van der Waals surface area contributed by atoms with E-state index in [0.29, 0.717) is 0 Å². The van der Waals surface area contributed by atoms with Crippen LogP contribution in [0.4, 0.5) is 0 Å². The third-order valence-electron chi connectivity index (χ3n) is 0.524. The number of carbonyl (C=O) groups excluding carboxylic acids is 3. The molecule has 5 heteroatoms. The average molecular weight is 204 g/mol. The summed E-state index contributed by atoms with van der Waals surface area (Å²) in [5.74, 6) is -2.65. The fourth-order valence-corrected chi connectivity index (χ4v) is 0.202. The Morgan fingerprint density at radius 1 is 0.929 bits per heavy atom. The van der Waals surface area contributed by atoms with E-state index in [9.17, 15) is 14.4 Å². The lowest BCUT2D eigenvalue weighted by Gasteiger charge is -2.14. The summed E-state index contributed by atoms with van der Waals surface area (Å²) in [6.45, 7) is 2.09. The third-order valence-corrected chi connectivity index (χ3v) is 0.524. The lowest BCUT2D eigenvalue weighted by Crippen LogP contribution is -2.27. The summed E-state index contributed by atoms with van der Waals surface area (Å²) in [6, 6.07) is 0. The number of hydrogen-bond acceptors (Lipinski definition) is 4. The summed E-state index contributed by atoms with van der Waals surface area (Å²) in [5, 5.41) is 0. The number of rotatable bonds is 1. The molecule has 0 aliphatic heterocycles. The van der Waals surface area contributed by atoms with E-state index in [1.54, 1.807) is 0 Å². The van der Waals surface area contributed by atoms with Gasteiger partial charge in [-0.25, -0.2) is 4.79 Å². The largest absolute Gasteiger partial charge is 0.387 e. The Labute approximate surface area is 84.2 Å². The van der Waals surface area contributed by atoms with Gasteiger partial charge in [0.2, 0.25) is 5.78 Å². The molecule has 0 radical (unpaired) electrons. The van der Waals surface area contributed by atoms with Crippen LogP contribution in [0.25, 0.3) is 0 Å². The molecule has 0 aromatic heterocycles. The van der Waals surface area contributed by atoms with Crippen LogP contribution < -0.4 is 0 Å². The Balaban J connectivity index is 0. The summed E-state index contributed by atoms with van der Waals surface area (Å²) in [6.07, 6.45) is 0. The minimum Gasteiger partial charge on any atom is -0.387 e. The van der Waals surface area contributed by atoms with Crippen LogP contribution in [0.3, 0.4) is 0 Å². The van der Waals surface area contributed by atoms with Gasteiger partial charge < -0.3 is 9.22 Å². The highest BCUT2D eigenvalue weighted by molar-refractivity contribution is 6.34. The van der Waals surface area contributed by atoms with Gasteiger partial charge in [-0.15, -0.1) is 0 Å². The van der Waals surface area contributed by atoms with Crippen LogP contribution in [0, 0.1) is 0 Å². The zero-order valence-corrected chi connectivity index (χ0v) is 9.58. The van der Waals surface area contributed by atoms with Gasteiger partial charge in [0.1, 0.15) is 0 Å². The van der Waals surface area contributed by atoms with Gasteiger partial charge >= 0.3 is 11.9 Å². The van der Waals surface area contributed by atoms with Gasteiger partial charge in [0.15, 0.2) is 0 Å². The number of Topliss-reactive ketones (excluding diaryl/α,β-unsaturated/α-hetero) is 1. The predicted octanol–water partition coefficient (Wildman–Crippen LogP) is -0.0125. The predicted molar refractivity (Wildman–Crippen MR) is 51.4 cm³/mol. The molecule has 0 saturated carbocycles. The van der Waals surface area contributed by atoms with E-state index < -0.39 is 17.7 Å². The monoisotopic (exact) mass is 204 g/mol. The molecule has 14 heavy (non-hydrogen) atoms. The number of ether oxygens (including phenoxy) is 1. The summed E-state index contributed by atoms with van der Waals surface area (Å²) in [4.78, 5) is 30.2. The molecule has 0 aromatic rings. The fourth-order valence-electron chi connectivity index (χ4n) is 0.202. The van der Waals surface area contributed by atoms with Crippen LogP contribution >= 0.6 is 0 Å². The molecule has 5 nitrogen and oxygen atoms in total. The standard InChI is InChI=1S/C5H6O4.C4H12N/c1-3(6)5(8)9-4(2)7;1-5(2,3)4/h1-2H3;1-4H3/q;+1. The Morgan fingerprint density at radius 3 is 1.29 bits per heavy atom. The van der Waals surface area contributed by atoms with Gasteiger partial charge in [-0.3, -0.25) is 9.59 Å². The van der Waals surface area contributed by atoms with Gasteiger partial charge in [-0.2, -0.15) is 0 Å². The number of hydrogen-bond donors (Lipinski definition) is 0. The number of carbonyl (C=O) groups is 3. The molecule has 0 unspecified atom stereocenters. The van der Waals surface area contributed by atoms with Crippen LogP contribution in [-0.4, -0.2) is 50.4 Å². The molecule has 0 N–H and O–H groups in total. The van der Waals surface area contributed by atoms with Crippen molar-refractivity contribution in [3.8, 4) is 0 Å². The van der Waals surface area contributed by atoms with Gasteiger partial charge in [0.05, 0.1) is 28.2 Å². The van der Waals surface area contributed by atoms with E-state index in [0.717, 1.165) is 18.3 Å². The zero-order valence-electron chi connectivity index (χ0n) is 9.58. The first-order valence-electron chi connectivity index (χ1n) is 4.06. The van der Waals surface area contributed by atoms with Crippen molar-refractivity contribution >= 4 is 17.7 Å². The number of ketones is 1. The third kappa shape index (κ3) is 22.4. The summed E-state index contributed by atoms with van der Waals surface area (Å²) in [5.41, 5.74) is 0. The van der Waals surface area contributed by atoms with Crippen LogP contribution in [0.15, 0.2) is 0 Å². The molecule has 0 saturated heterocycles. The maximum atomic E-state index is 10.2. The van der Waals surface area contributed by atoms with Crippen LogP contribution in [0.1, 0.15) is 13.8 Å². The normalized spacial score (nSPS) is 9.57. The molecule has 0 amide bonds. The molecule has 82 valence electrons. The van der Waals surface area contributed by atoms with Crippen molar-refractivity contribution in [1.82, 2.24) is 0 Å². The highest BCUT2D eigenvalue weighted by Crippen LogP contribution is 1.79. The second kappa shape index (κ2) is 6.26. The van der Waals surface area contributed by atoms with E-state index in [-0.39, 0.29) is 0 Å². The van der Waals surface area contributed by atoms with Gasteiger partial charge in [-0.1, -0.05) is 0 Å². The molecule has 0 aromatic carbocycles. The highest BCUT2D eigenvalue weighted by atomic mass is 16.6. The van der Waals surface area contributed by atoms with Crippen LogP contribution in [-0.2, 0) is 19.1 Å². The lowest BCUT2D eigenvalue weighted by atomic mass is 10.5. The highest BCUT2D eigenvalue weighted by Gasteiger charge is 2.10. The molecule has 0 atom stereocenters. The molecule has 0 rings (SSSR count). The summed E-state index contributed by atoms with van der Waals surface area (Å²) >= 11 is 0. The van der Waals surface area contributed by atoms with Crippen molar-refractivity contribution in [1.29, 1.82) is 0 Å². The first-order chi connectivity index (χ1) is 6.04. The second-order valence-electron chi connectivity index (χ2n) is 4.12. The van der Waals surface area contributed by atoms with E-state index in [1.165, 1.54) is 0 Å². The Morgan fingerprint density at radius 2 is 1.21 bits per heavy atom. The smallest absolute Gasteiger partial charge is 0.381 e. The molecule has 0 fully saturated rings. The maximum absolute atomic E-state index is 10.2. The van der Waals surface area contributed by atoms with Crippen molar-refractivity contribution in [3.63, 3.8) is 0 Å². The van der Waals surface area contributed by atoms with Crippen molar-refractivity contribution in [2.24, 2.45) is 0 Å². The number of esters is 2. The lowest BCUT2D eigenvalue weighted by molar-refractivity contribution is -0.849. The second-order valence-corrected chi connectivity index (χ2v) is 4.12. The summed E-state index contributed by atoms with van der Waals surface area (Å²) in [7, 11) is 8.50. The summed E-state index contributed by atoms with van der Waals surface area (Å²) < 4.78 is 4.88. The van der Waals surface area contributed by atoms with Gasteiger partial charge in [0, 0.05) is 13.8 Å². The minimum absolute atomic E-state index is 0.768. The zero-order chi connectivity index (χ0) is 11.9. The van der Waals surface area contributed by atoms with Crippen LogP contribution in [0.2, 0.25) is 0 Å². The first-order valence-corrected chi connectivity index (χ1v) is 4.06. The molecule has 0 aliphatic carbocycles. The topological polar surface area (TPSA) is 60.4 Å². The molecule has 0 aliphatic rings.